The van der Waals surface area contributed by atoms with E-state index in [1.165, 1.54) is 7.11 Å². The van der Waals surface area contributed by atoms with Gasteiger partial charge in [0, 0.05) is 19.8 Å². The molecule has 0 aliphatic rings. The first kappa shape index (κ1) is 14.4. The van der Waals surface area contributed by atoms with E-state index >= 15 is 0 Å². The van der Waals surface area contributed by atoms with Gasteiger partial charge in [-0.25, -0.2) is 0 Å². The van der Waals surface area contributed by atoms with E-state index in [1.54, 1.807) is 0 Å². The summed E-state index contributed by atoms with van der Waals surface area (Å²) in [5.74, 6) is 0.427. The van der Waals surface area contributed by atoms with Crippen LogP contribution in [-0.2, 0) is 14.3 Å². The largest absolute Gasteiger partial charge is 0.469 e. The van der Waals surface area contributed by atoms with Crippen molar-refractivity contribution in [1.82, 2.24) is 5.32 Å². The number of hydrogen-bond donors (Lipinski definition) is 1. The second-order valence-electron chi connectivity index (χ2n) is 3.90. The van der Waals surface area contributed by atoms with Gasteiger partial charge in [-0.3, -0.25) is 4.79 Å². The van der Waals surface area contributed by atoms with Crippen molar-refractivity contribution in [1.29, 1.82) is 0 Å². The molecule has 0 amide bonds. The first-order chi connectivity index (χ1) is 7.16. The lowest BCUT2D eigenvalue weighted by Gasteiger charge is -2.07. The van der Waals surface area contributed by atoms with Crippen LogP contribution in [0.5, 0.6) is 0 Å². The first-order valence-electron chi connectivity index (χ1n) is 5.52. The monoisotopic (exact) mass is 217 g/mol. The molecule has 4 heteroatoms. The molecule has 0 aromatic rings. The zero-order valence-corrected chi connectivity index (χ0v) is 10.0. The quantitative estimate of drug-likeness (QED) is 0.466. The predicted octanol–water partition coefficient (Wildman–Crippen LogP) is 1.20. The van der Waals surface area contributed by atoms with E-state index < -0.39 is 0 Å². The molecular weight excluding hydrogens is 194 g/mol. The molecule has 0 radical (unpaired) electrons. The van der Waals surface area contributed by atoms with Gasteiger partial charge >= 0.3 is 5.97 Å². The summed E-state index contributed by atoms with van der Waals surface area (Å²) in [5, 5.41) is 3.16. The summed E-state index contributed by atoms with van der Waals surface area (Å²) in [5.41, 5.74) is 0. The van der Waals surface area contributed by atoms with E-state index in [0.717, 1.165) is 26.2 Å². The summed E-state index contributed by atoms with van der Waals surface area (Å²) in [6, 6.07) is 0. The third-order valence-corrected chi connectivity index (χ3v) is 1.83. The second kappa shape index (κ2) is 9.93. The summed E-state index contributed by atoms with van der Waals surface area (Å²) in [7, 11) is 1.40. The highest BCUT2D eigenvalue weighted by Gasteiger charge is 1.98. The van der Waals surface area contributed by atoms with Crippen molar-refractivity contribution in [2.75, 3.05) is 33.4 Å². The molecule has 15 heavy (non-hydrogen) atoms. The number of nitrogens with one attached hydrogen (secondary N) is 1. The Morgan fingerprint density at radius 3 is 2.67 bits per heavy atom. The molecule has 0 heterocycles. The van der Waals surface area contributed by atoms with Crippen molar-refractivity contribution in [3.8, 4) is 0 Å². The van der Waals surface area contributed by atoms with Gasteiger partial charge in [-0.1, -0.05) is 13.8 Å². The molecule has 0 fully saturated rings. The zero-order valence-electron chi connectivity index (χ0n) is 10.0. The molecule has 0 aromatic heterocycles. The van der Waals surface area contributed by atoms with Crippen LogP contribution >= 0.6 is 0 Å². The van der Waals surface area contributed by atoms with Crippen LogP contribution in [0.25, 0.3) is 0 Å². The summed E-state index contributed by atoms with van der Waals surface area (Å²) in [6.45, 7) is 7.43. The highest BCUT2D eigenvalue weighted by Crippen LogP contribution is 1.92. The third-order valence-electron chi connectivity index (χ3n) is 1.83. The molecule has 90 valence electrons. The standard InChI is InChI=1S/C11H23NO3/c1-10(2)9-15-8-4-6-12-7-5-11(13)14-3/h10,12H,4-9H2,1-3H3. The van der Waals surface area contributed by atoms with E-state index in [2.05, 4.69) is 23.9 Å². The molecule has 0 spiro atoms. The Kier molecular flexibility index (Phi) is 9.52. The first-order valence-corrected chi connectivity index (χ1v) is 5.52. The maximum atomic E-state index is 10.7. The van der Waals surface area contributed by atoms with Crippen LogP contribution in [-0.4, -0.2) is 39.4 Å². The van der Waals surface area contributed by atoms with E-state index in [-0.39, 0.29) is 5.97 Å². The third kappa shape index (κ3) is 11.3. The van der Waals surface area contributed by atoms with E-state index in [0.29, 0.717) is 18.9 Å². The number of rotatable bonds is 9. The number of esters is 1. The molecule has 0 rings (SSSR count). The van der Waals surface area contributed by atoms with Crippen LogP contribution in [0.15, 0.2) is 0 Å². The average molecular weight is 217 g/mol. The Bertz CT molecular complexity index is 160. The summed E-state index contributed by atoms with van der Waals surface area (Å²) < 4.78 is 9.93. The molecule has 0 aliphatic carbocycles. The molecule has 0 atom stereocenters. The van der Waals surface area contributed by atoms with Crippen molar-refractivity contribution in [2.45, 2.75) is 26.7 Å². The molecule has 4 nitrogen and oxygen atoms in total. The van der Waals surface area contributed by atoms with Crippen LogP contribution in [0.1, 0.15) is 26.7 Å². The molecule has 0 unspecified atom stereocenters. The molecule has 1 N–H and O–H groups in total. The van der Waals surface area contributed by atoms with Gasteiger partial charge in [0.2, 0.25) is 0 Å². The molecule has 0 aromatic carbocycles. The highest BCUT2D eigenvalue weighted by molar-refractivity contribution is 5.69. The molecule has 0 bridgehead atoms. The van der Waals surface area contributed by atoms with Crippen LogP contribution in [0, 0.1) is 5.92 Å². The highest BCUT2D eigenvalue weighted by atomic mass is 16.5. The second-order valence-corrected chi connectivity index (χ2v) is 3.90. The van der Waals surface area contributed by atoms with Crippen molar-refractivity contribution in [2.24, 2.45) is 5.92 Å². The van der Waals surface area contributed by atoms with E-state index in [9.17, 15) is 4.79 Å². The van der Waals surface area contributed by atoms with Gasteiger partial charge in [0.05, 0.1) is 13.5 Å². The summed E-state index contributed by atoms with van der Waals surface area (Å²) in [6.07, 6.45) is 1.41. The topological polar surface area (TPSA) is 47.6 Å². The number of hydrogen-bond acceptors (Lipinski definition) is 4. The van der Waals surface area contributed by atoms with Gasteiger partial charge in [-0.15, -0.1) is 0 Å². The molecule has 0 saturated heterocycles. The summed E-state index contributed by atoms with van der Waals surface area (Å²) >= 11 is 0. The van der Waals surface area contributed by atoms with E-state index in [4.69, 9.17) is 4.74 Å². The SMILES string of the molecule is COC(=O)CCNCCCOCC(C)C. The van der Waals surface area contributed by atoms with Crippen molar-refractivity contribution < 1.29 is 14.3 Å². The minimum Gasteiger partial charge on any atom is -0.469 e. The van der Waals surface area contributed by atoms with Crippen LogP contribution in [0.2, 0.25) is 0 Å². The predicted molar refractivity (Wildman–Crippen MR) is 59.8 cm³/mol. The van der Waals surface area contributed by atoms with Crippen molar-refractivity contribution in [3.63, 3.8) is 0 Å². The number of methoxy groups -OCH3 is 1. The number of carbonyl (C=O) groups is 1. The Morgan fingerprint density at radius 1 is 1.33 bits per heavy atom. The Balaban J connectivity index is 3.02. The Labute approximate surface area is 92.3 Å². The van der Waals surface area contributed by atoms with Gasteiger partial charge in [-0.05, 0) is 18.9 Å². The van der Waals surface area contributed by atoms with Crippen molar-refractivity contribution >= 4 is 5.97 Å². The Hall–Kier alpha value is -0.610. The maximum absolute atomic E-state index is 10.7. The van der Waals surface area contributed by atoms with Gasteiger partial charge in [-0.2, -0.15) is 0 Å². The minimum atomic E-state index is -0.168. The molecule has 0 saturated carbocycles. The van der Waals surface area contributed by atoms with Crippen LogP contribution in [0.4, 0.5) is 0 Å². The van der Waals surface area contributed by atoms with E-state index in [1.807, 2.05) is 0 Å². The van der Waals surface area contributed by atoms with Gasteiger partial charge < -0.3 is 14.8 Å². The van der Waals surface area contributed by atoms with Gasteiger partial charge in [0.1, 0.15) is 0 Å². The smallest absolute Gasteiger partial charge is 0.306 e. The maximum Gasteiger partial charge on any atom is 0.306 e. The molecular formula is C11H23NO3. The lowest BCUT2D eigenvalue weighted by molar-refractivity contribution is -0.140. The fourth-order valence-electron chi connectivity index (χ4n) is 1.04. The fourth-order valence-corrected chi connectivity index (χ4v) is 1.04. The number of ether oxygens (including phenoxy) is 2. The minimum absolute atomic E-state index is 0.168. The zero-order chi connectivity index (χ0) is 11.5. The normalized spacial score (nSPS) is 10.7. The van der Waals surface area contributed by atoms with Crippen LogP contribution < -0.4 is 5.32 Å². The Morgan fingerprint density at radius 2 is 2.07 bits per heavy atom. The average Bonchev–Trinajstić information content (AvgIpc) is 2.21. The lowest BCUT2D eigenvalue weighted by atomic mass is 10.2. The van der Waals surface area contributed by atoms with Crippen molar-refractivity contribution in [3.05, 3.63) is 0 Å². The summed E-state index contributed by atoms with van der Waals surface area (Å²) in [4.78, 5) is 10.7. The van der Waals surface area contributed by atoms with Gasteiger partial charge in [0.15, 0.2) is 0 Å². The molecule has 0 aliphatic heterocycles. The van der Waals surface area contributed by atoms with Crippen LogP contribution in [0.3, 0.4) is 0 Å². The lowest BCUT2D eigenvalue weighted by Crippen LogP contribution is -2.21. The van der Waals surface area contributed by atoms with Gasteiger partial charge in [0.25, 0.3) is 0 Å². The number of carbonyl (C=O) groups excluding carboxylic acids is 1. The fraction of sp³-hybridized carbons (Fsp3) is 0.909.